The lowest BCUT2D eigenvalue weighted by atomic mass is 10.1. The molecule has 0 atom stereocenters. The summed E-state index contributed by atoms with van der Waals surface area (Å²) in [6, 6.07) is 7.29. The van der Waals surface area contributed by atoms with Crippen molar-refractivity contribution in [3.63, 3.8) is 0 Å². The van der Waals surface area contributed by atoms with E-state index in [0.29, 0.717) is 5.88 Å². The van der Waals surface area contributed by atoms with Crippen molar-refractivity contribution in [2.75, 3.05) is 7.11 Å². The standard InChI is InChI=1S/C14H12ClN3O4/c1-22-13-5-2-9(7-16-13)8-17-14(19)11-4-3-10(15)6-12(11)18(20)21/h2-7H,8H2,1H3,(H,17,19). The number of amides is 1. The third-order valence-electron chi connectivity index (χ3n) is 2.86. The minimum absolute atomic E-state index is 0.0455. The van der Waals surface area contributed by atoms with Crippen molar-refractivity contribution in [1.82, 2.24) is 10.3 Å². The lowest BCUT2D eigenvalue weighted by Crippen LogP contribution is -2.23. The van der Waals surface area contributed by atoms with Gasteiger partial charge in [0.1, 0.15) is 5.56 Å². The molecule has 2 rings (SSSR count). The lowest BCUT2D eigenvalue weighted by molar-refractivity contribution is -0.385. The van der Waals surface area contributed by atoms with Crippen LogP contribution in [0.2, 0.25) is 5.02 Å². The van der Waals surface area contributed by atoms with Crippen molar-refractivity contribution in [2.24, 2.45) is 0 Å². The Hall–Kier alpha value is -2.67. The summed E-state index contributed by atoms with van der Waals surface area (Å²) >= 11 is 5.71. The Labute approximate surface area is 131 Å². The molecular formula is C14H12ClN3O4. The predicted molar refractivity (Wildman–Crippen MR) is 80.1 cm³/mol. The molecule has 22 heavy (non-hydrogen) atoms. The molecule has 7 nitrogen and oxygen atoms in total. The lowest BCUT2D eigenvalue weighted by Gasteiger charge is -2.06. The predicted octanol–water partition coefficient (Wildman–Crippen LogP) is 2.58. The quantitative estimate of drug-likeness (QED) is 0.674. The van der Waals surface area contributed by atoms with Gasteiger partial charge >= 0.3 is 0 Å². The van der Waals surface area contributed by atoms with Crippen LogP contribution in [-0.2, 0) is 6.54 Å². The fourth-order valence-electron chi connectivity index (χ4n) is 1.76. The van der Waals surface area contributed by atoms with Crippen LogP contribution in [0.1, 0.15) is 15.9 Å². The van der Waals surface area contributed by atoms with E-state index in [1.165, 1.54) is 19.2 Å². The first-order chi connectivity index (χ1) is 10.5. The number of benzene rings is 1. The Morgan fingerprint density at radius 2 is 2.18 bits per heavy atom. The number of hydrogen-bond donors (Lipinski definition) is 1. The molecule has 0 aliphatic heterocycles. The summed E-state index contributed by atoms with van der Waals surface area (Å²) in [6.07, 6.45) is 1.55. The number of aromatic nitrogens is 1. The van der Waals surface area contributed by atoms with Crippen molar-refractivity contribution < 1.29 is 14.5 Å². The average Bonchev–Trinajstić information content (AvgIpc) is 2.53. The van der Waals surface area contributed by atoms with E-state index in [1.54, 1.807) is 18.3 Å². The topological polar surface area (TPSA) is 94.4 Å². The van der Waals surface area contributed by atoms with E-state index in [-0.39, 0.29) is 22.8 Å². The Balaban J connectivity index is 2.10. The number of carbonyl (C=O) groups excluding carboxylic acids is 1. The third kappa shape index (κ3) is 3.70. The number of hydrogen-bond acceptors (Lipinski definition) is 5. The Morgan fingerprint density at radius 1 is 1.41 bits per heavy atom. The van der Waals surface area contributed by atoms with Gasteiger partial charge in [-0.15, -0.1) is 0 Å². The van der Waals surface area contributed by atoms with Crippen LogP contribution >= 0.6 is 11.6 Å². The first kappa shape index (κ1) is 15.7. The molecule has 0 aliphatic rings. The largest absolute Gasteiger partial charge is 0.481 e. The van der Waals surface area contributed by atoms with Crippen molar-refractivity contribution in [3.05, 3.63) is 62.8 Å². The van der Waals surface area contributed by atoms with Gasteiger partial charge in [0, 0.05) is 29.9 Å². The molecule has 1 N–H and O–H groups in total. The summed E-state index contributed by atoms with van der Waals surface area (Å²) in [5, 5.41) is 13.8. The number of methoxy groups -OCH3 is 1. The van der Waals surface area contributed by atoms with Gasteiger partial charge in [0.2, 0.25) is 5.88 Å². The second kappa shape index (κ2) is 6.86. The van der Waals surface area contributed by atoms with E-state index in [0.717, 1.165) is 11.6 Å². The van der Waals surface area contributed by atoms with Crippen LogP contribution in [0, 0.1) is 10.1 Å². The molecule has 0 saturated carbocycles. The van der Waals surface area contributed by atoms with Gasteiger partial charge in [-0.05, 0) is 17.7 Å². The van der Waals surface area contributed by atoms with E-state index in [1.807, 2.05) is 0 Å². The highest BCUT2D eigenvalue weighted by Crippen LogP contribution is 2.23. The molecule has 0 aliphatic carbocycles. The highest BCUT2D eigenvalue weighted by Gasteiger charge is 2.20. The van der Waals surface area contributed by atoms with Crippen LogP contribution in [0.5, 0.6) is 5.88 Å². The molecule has 0 bridgehead atoms. The number of halogens is 1. The summed E-state index contributed by atoms with van der Waals surface area (Å²) in [5.41, 5.74) is 0.361. The van der Waals surface area contributed by atoms with Gasteiger partial charge in [-0.2, -0.15) is 0 Å². The molecule has 8 heteroatoms. The number of nitro groups is 1. The molecule has 1 heterocycles. The maximum atomic E-state index is 12.1. The van der Waals surface area contributed by atoms with Gasteiger partial charge < -0.3 is 10.1 Å². The molecule has 2 aromatic rings. The molecule has 1 amide bonds. The van der Waals surface area contributed by atoms with Crippen LogP contribution < -0.4 is 10.1 Å². The zero-order chi connectivity index (χ0) is 16.1. The number of nitrogens with zero attached hydrogens (tertiary/aromatic N) is 2. The first-order valence-electron chi connectivity index (χ1n) is 6.22. The highest BCUT2D eigenvalue weighted by molar-refractivity contribution is 6.31. The molecule has 1 aromatic heterocycles. The fraction of sp³-hybridized carbons (Fsp3) is 0.143. The van der Waals surface area contributed by atoms with Gasteiger partial charge in [-0.1, -0.05) is 17.7 Å². The highest BCUT2D eigenvalue weighted by atomic mass is 35.5. The van der Waals surface area contributed by atoms with Crippen molar-refractivity contribution in [3.8, 4) is 5.88 Å². The van der Waals surface area contributed by atoms with Crippen molar-refractivity contribution in [2.45, 2.75) is 6.54 Å². The Morgan fingerprint density at radius 3 is 2.77 bits per heavy atom. The summed E-state index contributed by atoms with van der Waals surface area (Å²) < 4.78 is 4.93. The maximum absolute atomic E-state index is 12.1. The summed E-state index contributed by atoms with van der Waals surface area (Å²) in [6.45, 7) is 0.190. The zero-order valence-corrected chi connectivity index (χ0v) is 12.3. The fourth-order valence-corrected chi connectivity index (χ4v) is 1.93. The molecule has 0 fully saturated rings. The van der Waals surface area contributed by atoms with E-state index >= 15 is 0 Å². The Kier molecular flexibility index (Phi) is 4.90. The van der Waals surface area contributed by atoms with Crippen molar-refractivity contribution in [1.29, 1.82) is 0 Å². The van der Waals surface area contributed by atoms with Crippen LogP contribution in [-0.4, -0.2) is 22.9 Å². The second-order valence-corrected chi connectivity index (χ2v) is 4.75. The molecule has 0 radical (unpaired) electrons. The van der Waals surface area contributed by atoms with E-state index in [9.17, 15) is 14.9 Å². The molecule has 1 aromatic carbocycles. The minimum atomic E-state index is -0.643. The van der Waals surface area contributed by atoms with Crippen LogP contribution in [0.15, 0.2) is 36.5 Å². The molecular weight excluding hydrogens is 310 g/mol. The van der Waals surface area contributed by atoms with Gasteiger partial charge in [-0.25, -0.2) is 4.98 Å². The zero-order valence-electron chi connectivity index (χ0n) is 11.6. The number of nitrogens with one attached hydrogen (secondary N) is 1. The first-order valence-corrected chi connectivity index (χ1v) is 6.60. The van der Waals surface area contributed by atoms with Gasteiger partial charge in [0.25, 0.3) is 11.6 Å². The monoisotopic (exact) mass is 321 g/mol. The van der Waals surface area contributed by atoms with Gasteiger partial charge in [0.05, 0.1) is 12.0 Å². The second-order valence-electron chi connectivity index (χ2n) is 4.31. The van der Waals surface area contributed by atoms with Crippen LogP contribution in [0.25, 0.3) is 0 Å². The summed E-state index contributed by atoms with van der Waals surface area (Å²) in [5.74, 6) is -0.0948. The Bertz CT molecular complexity index is 704. The number of ether oxygens (including phenoxy) is 1. The number of rotatable bonds is 5. The molecule has 0 spiro atoms. The van der Waals surface area contributed by atoms with Gasteiger partial charge in [-0.3, -0.25) is 14.9 Å². The number of nitro benzene ring substituents is 1. The van der Waals surface area contributed by atoms with Crippen LogP contribution in [0.4, 0.5) is 5.69 Å². The average molecular weight is 322 g/mol. The van der Waals surface area contributed by atoms with E-state index in [2.05, 4.69) is 10.3 Å². The SMILES string of the molecule is COc1ccc(CNC(=O)c2ccc(Cl)cc2[N+](=O)[O-])cn1. The van der Waals surface area contributed by atoms with E-state index in [4.69, 9.17) is 16.3 Å². The third-order valence-corrected chi connectivity index (χ3v) is 3.10. The van der Waals surface area contributed by atoms with Gasteiger partial charge in [0.15, 0.2) is 0 Å². The maximum Gasteiger partial charge on any atom is 0.283 e. The summed E-state index contributed by atoms with van der Waals surface area (Å²) in [4.78, 5) is 26.4. The van der Waals surface area contributed by atoms with Crippen LogP contribution in [0.3, 0.4) is 0 Å². The minimum Gasteiger partial charge on any atom is -0.481 e. The molecule has 114 valence electrons. The number of pyridine rings is 1. The summed E-state index contributed by atoms with van der Waals surface area (Å²) in [7, 11) is 1.50. The molecule has 0 saturated heterocycles. The molecule has 0 unspecified atom stereocenters. The normalized spacial score (nSPS) is 10.1. The number of carbonyl (C=O) groups is 1. The van der Waals surface area contributed by atoms with E-state index < -0.39 is 10.8 Å². The van der Waals surface area contributed by atoms with Crippen molar-refractivity contribution >= 4 is 23.2 Å². The smallest absolute Gasteiger partial charge is 0.283 e.